The van der Waals surface area contributed by atoms with E-state index in [2.05, 4.69) is 43.4 Å². The average molecular weight is 328 g/mol. The lowest BCUT2D eigenvalue weighted by molar-refractivity contribution is -0.930. The highest BCUT2D eigenvalue weighted by Crippen LogP contribution is 2.14. The summed E-state index contributed by atoms with van der Waals surface area (Å²) in [4.78, 5) is 0. The average Bonchev–Trinajstić information content (AvgIpc) is 2.18. The molecule has 0 amide bonds. The summed E-state index contributed by atoms with van der Waals surface area (Å²) in [6.45, 7) is 11.3. The van der Waals surface area contributed by atoms with Crippen molar-refractivity contribution in [1.82, 2.24) is 0 Å². The molecule has 0 fully saturated rings. The molecule has 0 aliphatic carbocycles. The Labute approximate surface area is 109 Å². The topological polar surface area (TPSA) is 20.2 Å². The number of hydrogen-bond acceptors (Lipinski definition) is 1. The number of rotatable bonds is 9. The van der Waals surface area contributed by atoms with Crippen LogP contribution in [-0.4, -0.2) is 46.3 Å². The summed E-state index contributed by atoms with van der Waals surface area (Å²) in [6, 6.07) is 0. The van der Waals surface area contributed by atoms with E-state index in [-0.39, 0.29) is 6.10 Å². The van der Waals surface area contributed by atoms with Gasteiger partial charge in [-0.2, -0.15) is 0 Å². The van der Waals surface area contributed by atoms with E-state index in [1.165, 1.54) is 38.9 Å². The molecule has 0 saturated heterocycles. The van der Waals surface area contributed by atoms with Crippen LogP contribution < -0.4 is 0 Å². The summed E-state index contributed by atoms with van der Waals surface area (Å²) in [5, 5.41) is 9.85. The van der Waals surface area contributed by atoms with Crippen molar-refractivity contribution in [2.75, 3.05) is 30.6 Å². The molecule has 92 valence electrons. The van der Waals surface area contributed by atoms with E-state index < -0.39 is 0 Å². The van der Waals surface area contributed by atoms with E-state index in [1.54, 1.807) is 0 Å². The Bertz CT molecular complexity index is 136. The quantitative estimate of drug-likeness (QED) is 0.392. The standard InChI is InChI=1S/C12H27INO/c1-4-7-14(8-5-2,9-6-3)11-12(15)10-13/h12,15H,4-11H2,1-3H3/q+1. The summed E-state index contributed by atoms with van der Waals surface area (Å²) >= 11 is 2.28. The fourth-order valence-corrected chi connectivity index (χ4v) is 2.81. The molecule has 0 rings (SSSR count). The van der Waals surface area contributed by atoms with E-state index >= 15 is 0 Å². The second-order valence-corrected chi connectivity index (χ2v) is 5.38. The zero-order valence-corrected chi connectivity index (χ0v) is 12.7. The van der Waals surface area contributed by atoms with Crippen molar-refractivity contribution >= 4 is 22.6 Å². The molecule has 0 heterocycles. The number of alkyl halides is 1. The van der Waals surface area contributed by atoms with Gasteiger partial charge >= 0.3 is 0 Å². The number of halogens is 1. The Morgan fingerprint density at radius 2 is 1.40 bits per heavy atom. The van der Waals surface area contributed by atoms with Gasteiger partial charge in [0.15, 0.2) is 0 Å². The van der Waals surface area contributed by atoms with Crippen LogP contribution in [0.3, 0.4) is 0 Å². The second kappa shape index (κ2) is 8.76. The molecule has 0 spiro atoms. The van der Waals surface area contributed by atoms with Crippen LogP contribution in [0.2, 0.25) is 0 Å². The second-order valence-electron chi connectivity index (χ2n) is 4.50. The van der Waals surface area contributed by atoms with Gasteiger partial charge in [-0.1, -0.05) is 43.4 Å². The van der Waals surface area contributed by atoms with Crippen molar-refractivity contribution in [3.8, 4) is 0 Å². The molecular weight excluding hydrogens is 301 g/mol. The molecule has 1 N–H and O–H groups in total. The van der Waals surface area contributed by atoms with E-state index in [1.807, 2.05) is 0 Å². The largest absolute Gasteiger partial charge is 0.386 e. The molecule has 2 nitrogen and oxygen atoms in total. The molecule has 0 aromatic rings. The molecule has 3 heteroatoms. The van der Waals surface area contributed by atoms with Gasteiger partial charge in [0.25, 0.3) is 0 Å². The van der Waals surface area contributed by atoms with Crippen LogP contribution in [0.5, 0.6) is 0 Å². The number of hydrogen-bond donors (Lipinski definition) is 1. The van der Waals surface area contributed by atoms with Gasteiger partial charge in [0, 0.05) is 4.43 Å². The van der Waals surface area contributed by atoms with Crippen LogP contribution in [0.1, 0.15) is 40.0 Å². The first kappa shape index (κ1) is 15.7. The summed E-state index contributed by atoms with van der Waals surface area (Å²) in [7, 11) is 0. The number of quaternary nitrogens is 1. The maximum Gasteiger partial charge on any atom is 0.112 e. The molecule has 0 aromatic heterocycles. The van der Waals surface area contributed by atoms with Crippen LogP contribution in [0, 0.1) is 0 Å². The maximum atomic E-state index is 9.85. The highest BCUT2D eigenvalue weighted by Gasteiger charge is 2.27. The summed E-state index contributed by atoms with van der Waals surface area (Å²) in [5.74, 6) is 0. The summed E-state index contributed by atoms with van der Waals surface area (Å²) < 4.78 is 1.97. The van der Waals surface area contributed by atoms with Gasteiger partial charge in [0.05, 0.1) is 19.6 Å². The minimum absolute atomic E-state index is 0.129. The Hall–Kier alpha value is 0.650. The van der Waals surface area contributed by atoms with Crippen LogP contribution in [0.15, 0.2) is 0 Å². The van der Waals surface area contributed by atoms with Gasteiger partial charge in [-0.3, -0.25) is 0 Å². The lowest BCUT2D eigenvalue weighted by Gasteiger charge is -2.39. The van der Waals surface area contributed by atoms with Gasteiger partial charge in [-0.25, -0.2) is 0 Å². The number of aliphatic hydroxyl groups is 1. The van der Waals surface area contributed by atoms with E-state index in [0.717, 1.165) is 15.5 Å². The molecule has 0 aliphatic rings. The predicted octanol–water partition coefficient (Wildman–Crippen LogP) is 2.83. The lowest BCUT2D eigenvalue weighted by Crippen LogP contribution is -2.54. The first-order chi connectivity index (χ1) is 7.14. The molecular formula is C12H27INO+. The summed E-state index contributed by atoms with van der Waals surface area (Å²) in [6.07, 6.45) is 3.52. The Morgan fingerprint density at radius 3 is 1.67 bits per heavy atom. The predicted molar refractivity (Wildman–Crippen MR) is 75.5 cm³/mol. The molecule has 15 heavy (non-hydrogen) atoms. The third kappa shape index (κ3) is 6.07. The fourth-order valence-electron chi connectivity index (χ4n) is 2.53. The minimum atomic E-state index is -0.129. The molecule has 0 aromatic carbocycles. The zero-order chi connectivity index (χ0) is 11.7. The Morgan fingerprint density at radius 1 is 1.00 bits per heavy atom. The minimum Gasteiger partial charge on any atom is -0.386 e. The van der Waals surface area contributed by atoms with Gasteiger partial charge in [0.2, 0.25) is 0 Å². The number of nitrogens with zero attached hydrogens (tertiary/aromatic N) is 1. The molecule has 0 radical (unpaired) electrons. The van der Waals surface area contributed by atoms with Crippen LogP contribution in [0.25, 0.3) is 0 Å². The Balaban J connectivity index is 4.44. The van der Waals surface area contributed by atoms with Gasteiger partial charge < -0.3 is 9.59 Å². The monoisotopic (exact) mass is 328 g/mol. The van der Waals surface area contributed by atoms with Gasteiger partial charge in [0.1, 0.15) is 12.6 Å². The van der Waals surface area contributed by atoms with E-state index in [9.17, 15) is 5.11 Å². The first-order valence-corrected chi connectivity index (χ1v) is 7.75. The molecule has 0 bridgehead atoms. The van der Waals surface area contributed by atoms with Gasteiger partial charge in [-0.15, -0.1) is 0 Å². The molecule has 1 atom stereocenters. The first-order valence-electron chi connectivity index (χ1n) is 6.23. The lowest BCUT2D eigenvalue weighted by atomic mass is 10.2. The zero-order valence-electron chi connectivity index (χ0n) is 10.5. The smallest absolute Gasteiger partial charge is 0.112 e. The van der Waals surface area contributed by atoms with Gasteiger partial charge in [-0.05, 0) is 19.3 Å². The highest BCUT2D eigenvalue weighted by molar-refractivity contribution is 14.1. The van der Waals surface area contributed by atoms with Crippen LogP contribution in [0.4, 0.5) is 0 Å². The SMILES string of the molecule is CCC[N+](CCC)(CCC)CC(O)CI. The third-order valence-corrected chi connectivity index (χ3v) is 3.89. The molecule has 1 unspecified atom stereocenters. The van der Waals surface area contributed by atoms with Crippen molar-refractivity contribution in [3.05, 3.63) is 0 Å². The molecule has 0 aliphatic heterocycles. The van der Waals surface area contributed by atoms with Crippen LogP contribution in [-0.2, 0) is 0 Å². The van der Waals surface area contributed by atoms with Crippen LogP contribution >= 0.6 is 22.6 Å². The number of aliphatic hydroxyl groups excluding tert-OH is 1. The van der Waals surface area contributed by atoms with Crippen molar-refractivity contribution in [3.63, 3.8) is 0 Å². The normalized spacial score (nSPS) is 14.2. The third-order valence-electron chi connectivity index (χ3n) is 2.87. The van der Waals surface area contributed by atoms with Crippen molar-refractivity contribution in [2.24, 2.45) is 0 Å². The summed E-state index contributed by atoms with van der Waals surface area (Å²) in [5.41, 5.74) is 0. The van der Waals surface area contributed by atoms with E-state index in [0.29, 0.717) is 0 Å². The van der Waals surface area contributed by atoms with Crippen molar-refractivity contribution in [2.45, 2.75) is 46.1 Å². The molecule has 0 saturated carbocycles. The maximum absolute atomic E-state index is 9.85. The fraction of sp³-hybridized carbons (Fsp3) is 1.00. The van der Waals surface area contributed by atoms with E-state index in [4.69, 9.17) is 0 Å². The Kier molecular flexibility index (Phi) is 9.14. The van der Waals surface area contributed by atoms with Crippen molar-refractivity contribution < 1.29 is 9.59 Å². The highest BCUT2D eigenvalue weighted by atomic mass is 127. The van der Waals surface area contributed by atoms with Crippen molar-refractivity contribution in [1.29, 1.82) is 0 Å².